The van der Waals surface area contributed by atoms with E-state index in [9.17, 15) is 0 Å². The van der Waals surface area contributed by atoms with E-state index in [0.29, 0.717) is 0 Å². The van der Waals surface area contributed by atoms with Gasteiger partial charge in [-0.05, 0) is 6.07 Å². The summed E-state index contributed by atoms with van der Waals surface area (Å²) in [6.07, 6.45) is 3.59. The van der Waals surface area contributed by atoms with Gasteiger partial charge in [0.2, 0.25) is 0 Å². The minimum absolute atomic E-state index is 0.786. The highest BCUT2D eigenvalue weighted by Gasteiger charge is 1.96. The maximum atomic E-state index is 4.18. The van der Waals surface area contributed by atoms with Gasteiger partial charge in [-0.2, -0.15) is 5.10 Å². The first-order chi connectivity index (χ1) is 5.40. The van der Waals surface area contributed by atoms with Crippen LogP contribution in [0.1, 0.15) is 5.69 Å². The number of halogens is 1. The summed E-state index contributed by atoms with van der Waals surface area (Å²) in [5.74, 6) is 0. The maximum Gasteiger partial charge on any atom is 0.0833 e. The normalized spacial score (nSPS) is 10.6. The second kappa shape index (κ2) is 2.62. The van der Waals surface area contributed by atoms with Gasteiger partial charge < -0.3 is 0 Å². The molecule has 0 amide bonds. The largest absolute Gasteiger partial charge is 0.276 e. The molecule has 2 aromatic heterocycles. The van der Waals surface area contributed by atoms with Crippen LogP contribution in [0.3, 0.4) is 0 Å². The van der Waals surface area contributed by atoms with Crippen molar-refractivity contribution in [1.82, 2.24) is 15.2 Å². The van der Waals surface area contributed by atoms with Gasteiger partial charge in [-0.15, -0.1) is 0 Å². The van der Waals surface area contributed by atoms with Crippen LogP contribution in [0.2, 0.25) is 0 Å². The van der Waals surface area contributed by atoms with Crippen LogP contribution in [0.15, 0.2) is 18.5 Å². The summed E-state index contributed by atoms with van der Waals surface area (Å²) in [6.45, 7) is 0. The zero-order chi connectivity index (χ0) is 7.68. The van der Waals surface area contributed by atoms with Crippen LogP contribution in [0.5, 0.6) is 0 Å². The summed E-state index contributed by atoms with van der Waals surface area (Å²) >= 11 is 3.34. The van der Waals surface area contributed by atoms with Crippen LogP contribution in [0.4, 0.5) is 0 Å². The molecule has 2 rings (SSSR count). The van der Waals surface area contributed by atoms with Gasteiger partial charge in [0.1, 0.15) is 0 Å². The van der Waals surface area contributed by atoms with Crippen molar-refractivity contribution in [3.8, 4) is 0 Å². The van der Waals surface area contributed by atoms with Crippen LogP contribution < -0.4 is 0 Å². The highest BCUT2D eigenvalue weighted by molar-refractivity contribution is 9.08. The first kappa shape index (κ1) is 6.79. The lowest BCUT2D eigenvalue weighted by Crippen LogP contribution is -1.82. The van der Waals surface area contributed by atoms with Crippen molar-refractivity contribution in [1.29, 1.82) is 0 Å². The highest BCUT2D eigenvalue weighted by atomic mass is 79.9. The summed E-state index contributed by atoms with van der Waals surface area (Å²) in [5, 5.41) is 8.63. The van der Waals surface area contributed by atoms with Gasteiger partial charge >= 0.3 is 0 Å². The second-order valence-corrected chi connectivity index (χ2v) is 2.83. The summed E-state index contributed by atoms with van der Waals surface area (Å²) in [6, 6.07) is 2.01. The van der Waals surface area contributed by atoms with Crippen LogP contribution in [-0.4, -0.2) is 15.2 Å². The van der Waals surface area contributed by atoms with Crippen molar-refractivity contribution in [2.24, 2.45) is 0 Å². The molecule has 2 aromatic rings. The van der Waals surface area contributed by atoms with Crippen LogP contribution in [-0.2, 0) is 5.33 Å². The topological polar surface area (TPSA) is 41.6 Å². The smallest absolute Gasteiger partial charge is 0.0833 e. The molecule has 0 bridgehead atoms. The molecule has 0 saturated carbocycles. The van der Waals surface area contributed by atoms with Crippen molar-refractivity contribution in [3.63, 3.8) is 0 Å². The molecule has 0 unspecified atom stereocenters. The maximum absolute atomic E-state index is 4.18. The Bertz CT molecular complexity index is 368. The third-order valence-electron chi connectivity index (χ3n) is 1.52. The van der Waals surface area contributed by atoms with Crippen molar-refractivity contribution >= 4 is 26.8 Å². The molecule has 0 saturated heterocycles. The van der Waals surface area contributed by atoms with E-state index in [4.69, 9.17) is 0 Å². The second-order valence-electron chi connectivity index (χ2n) is 2.27. The van der Waals surface area contributed by atoms with E-state index in [1.54, 1.807) is 12.4 Å². The van der Waals surface area contributed by atoms with Gasteiger partial charge in [0.15, 0.2) is 0 Å². The van der Waals surface area contributed by atoms with E-state index < -0.39 is 0 Å². The number of aromatic nitrogens is 3. The Kier molecular flexibility index (Phi) is 1.62. The lowest BCUT2D eigenvalue weighted by atomic mass is 10.3. The van der Waals surface area contributed by atoms with Gasteiger partial charge in [-0.3, -0.25) is 10.1 Å². The summed E-state index contributed by atoms with van der Waals surface area (Å²) < 4.78 is 0. The molecular weight excluding hydrogens is 206 g/mol. The zero-order valence-corrected chi connectivity index (χ0v) is 7.30. The predicted molar refractivity (Wildman–Crippen MR) is 46.5 cm³/mol. The molecule has 0 aliphatic rings. The molecule has 0 radical (unpaired) electrons. The minimum atomic E-state index is 0.786. The Morgan fingerprint density at radius 2 is 2.36 bits per heavy atom. The Morgan fingerprint density at radius 3 is 3.18 bits per heavy atom. The van der Waals surface area contributed by atoms with Gasteiger partial charge in [0.25, 0.3) is 0 Å². The number of nitrogens with zero attached hydrogens (tertiary/aromatic N) is 2. The zero-order valence-electron chi connectivity index (χ0n) is 5.71. The number of rotatable bonds is 1. The van der Waals surface area contributed by atoms with Crippen molar-refractivity contribution in [3.05, 3.63) is 24.2 Å². The first-order valence-electron chi connectivity index (χ1n) is 3.24. The number of hydrogen-bond donors (Lipinski definition) is 1. The van der Waals surface area contributed by atoms with Crippen LogP contribution in [0.25, 0.3) is 10.9 Å². The molecule has 56 valence electrons. The summed E-state index contributed by atoms with van der Waals surface area (Å²) in [5.41, 5.74) is 2.01. The van der Waals surface area contributed by atoms with E-state index in [2.05, 4.69) is 31.1 Å². The standard InChI is InChI=1S/C7H6BrN3/c8-2-6-1-5-3-10-11-7(5)4-9-6/h1,3-4H,2H2,(H,10,11). The Morgan fingerprint density at radius 1 is 1.45 bits per heavy atom. The molecule has 11 heavy (non-hydrogen) atoms. The molecule has 4 heteroatoms. The van der Waals surface area contributed by atoms with Crippen molar-refractivity contribution in [2.75, 3.05) is 0 Å². The number of pyridine rings is 1. The van der Waals surface area contributed by atoms with Gasteiger partial charge in [-0.25, -0.2) is 0 Å². The van der Waals surface area contributed by atoms with Gasteiger partial charge in [0, 0.05) is 10.7 Å². The fraction of sp³-hybridized carbons (Fsp3) is 0.143. The number of alkyl halides is 1. The molecule has 1 N–H and O–H groups in total. The van der Waals surface area contributed by atoms with E-state index in [1.165, 1.54) is 0 Å². The molecule has 0 aliphatic heterocycles. The quantitative estimate of drug-likeness (QED) is 0.733. The molecule has 0 atom stereocenters. The molecule has 0 spiro atoms. The molecular formula is C7H6BrN3. The highest BCUT2D eigenvalue weighted by Crippen LogP contribution is 2.11. The van der Waals surface area contributed by atoms with Gasteiger partial charge in [-0.1, -0.05) is 15.9 Å². The number of hydrogen-bond acceptors (Lipinski definition) is 2. The van der Waals surface area contributed by atoms with E-state index in [1.807, 2.05) is 6.07 Å². The third-order valence-corrected chi connectivity index (χ3v) is 2.09. The number of fused-ring (bicyclic) bond motifs is 1. The Hall–Kier alpha value is -0.900. The Balaban J connectivity index is 2.67. The van der Waals surface area contributed by atoms with Crippen molar-refractivity contribution in [2.45, 2.75) is 5.33 Å². The van der Waals surface area contributed by atoms with E-state index >= 15 is 0 Å². The molecule has 0 aliphatic carbocycles. The molecule has 3 nitrogen and oxygen atoms in total. The van der Waals surface area contributed by atoms with Crippen LogP contribution in [0, 0.1) is 0 Å². The predicted octanol–water partition coefficient (Wildman–Crippen LogP) is 1.85. The molecule has 2 heterocycles. The minimum Gasteiger partial charge on any atom is -0.276 e. The number of nitrogens with one attached hydrogen (secondary N) is 1. The average molecular weight is 212 g/mol. The lowest BCUT2D eigenvalue weighted by Gasteiger charge is -1.92. The first-order valence-corrected chi connectivity index (χ1v) is 4.36. The number of aromatic amines is 1. The SMILES string of the molecule is BrCc1cc2cn[nH]c2cn1. The fourth-order valence-corrected chi connectivity index (χ4v) is 1.27. The monoisotopic (exact) mass is 211 g/mol. The van der Waals surface area contributed by atoms with E-state index in [-0.39, 0.29) is 0 Å². The van der Waals surface area contributed by atoms with Gasteiger partial charge in [0.05, 0.1) is 23.6 Å². The number of H-pyrrole nitrogens is 1. The fourth-order valence-electron chi connectivity index (χ4n) is 0.961. The molecule has 0 aromatic carbocycles. The third kappa shape index (κ3) is 1.14. The summed E-state index contributed by atoms with van der Waals surface area (Å²) in [4.78, 5) is 4.18. The van der Waals surface area contributed by atoms with Crippen molar-refractivity contribution < 1.29 is 0 Å². The summed E-state index contributed by atoms with van der Waals surface area (Å²) in [7, 11) is 0. The molecule has 0 fully saturated rings. The lowest BCUT2D eigenvalue weighted by molar-refractivity contribution is 1.11. The van der Waals surface area contributed by atoms with Crippen LogP contribution >= 0.6 is 15.9 Å². The van der Waals surface area contributed by atoms with E-state index in [0.717, 1.165) is 21.9 Å². The average Bonchev–Trinajstić information content (AvgIpc) is 2.50. The Labute approximate surface area is 72.0 Å².